The van der Waals surface area contributed by atoms with Crippen molar-refractivity contribution in [3.8, 4) is 5.75 Å². The van der Waals surface area contributed by atoms with Crippen LogP contribution in [0.5, 0.6) is 5.75 Å². The Labute approximate surface area is 137 Å². The van der Waals surface area contributed by atoms with Crippen molar-refractivity contribution in [2.45, 2.75) is 46.1 Å². The molecule has 1 aromatic carbocycles. The number of carbonyl (C=O) groups excluding carboxylic acids is 1. The Kier molecular flexibility index (Phi) is 5.04. The van der Waals surface area contributed by atoms with E-state index in [-0.39, 0.29) is 11.3 Å². The van der Waals surface area contributed by atoms with Gasteiger partial charge in [-0.3, -0.25) is 4.79 Å². The summed E-state index contributed by atoms with van der Waals surface area (Å²) in [6.07, 6.45) is -0.599. The SMILES string of the molecule is Cc1cccc(NC(=O)C(C)Oc2ccc(C(C)(C)C)cc2)n1. The maximum Gasteiger partial charge on any atom is 0.266 e. The first-order chi connectivity index (χ1) is 10.8. The molecule has 23 heavy (non-hydrogen) atoms. The van der Waals surface area contributed by atoms with Crippen LogP contribution in [0.4, 0.5) is 5.82 Å². The fraction of sp³-hybridized carbons (Fsp3) is 0.368. The smallest absolute Gasteiger partial charge is 0.266 e. The number of carbonyl (C=O) groups is 1. The summed E-state index contributed by atoms with van der Waals surface area (Å²) in [5.74, 6) is 0.995. The average Bonchev–Trinajstić information content (AvgIpc) is 2.46. The molecule has 4 nitrogen and oxygen atoms in total. The van der Waals surface area contributed by atoms with E-state index in [0.717, 1.165) is 5.69 Å². The van der Waals surface area contributed by atoms with Crippen LogP contribution in [0.25, 0.3) is 0 Å². The fourth-order valence-electron chi connectivity index (χ4n) is 2.13. The molecule has 1 atom stereocenters. The number of ether oxygens (including phenoxy) is 1. The Hall–Kier alpha value is -2.36. The van der Waals surface area contributed by atoms with Crippen LogP contribution in [0.2, 0.25) is 0 Å². The molecule has 0 saturated heterocycles. The second-order valence-electron chi connectivity index (χ2n) is 6.69. The van der Waals surface area contributed by atoms with E-state index in [9.17, 15) is 4.79 Å². The van der Waals surface area contributed by atoms with E-state index in [0.29, 0.717) is 11.6 Å². The number of hydrogen-bond donors (Lipinski definition) is 1. The molecule has 122 valence electrons. The molecule has 0 bridgehead atoms. The number of nitrogens with one attached hydrogen (secondary N) is 1. The maximum absolute atomic E-state index is 12.2. The molecular formula is C19H24N2O2. The van der Waals surface area contributed by atoms with Gasteiger partial charge in [0.25, 0.3) is 5.91 Å². The number of nitrogens with zero attached hydrogens (tertiary/aromatic N) is 1. The van der Waals surface area contributed by atoms with Gasteiger partial charge in [0.15, 0.2) is 6.10 Å². The van der Waals surface area contributed by atoms with Crippen molar-refractivity contribution in [3.05, 3.63) is 53.7 Å². The van der Waals surface area contributed by atoms with E-state index < -0.39 is 6.10 Å². The van der Waals surface area contributed by atoms with Gasteiger partial charge in [0, 0.05) is 5.69 Å². The quantitative estimate of drug-likeness (QED) is 0.925. The normalized spacial score (nSPS) is 12.6. The molecule has 2 aromatic rings. The lowest BCUT2D eigenvalue weighted by Crippen LogP contribution is -2.30. The first-order valence-electron chi connectivity index (χ1n) is 7.77. The highest BCUT2D eigenvalue weighted by atomic mass is 16.5. The second kappa shape index (κ2) is 6.82. The average molecular weight is 312 g/mol. The predicted octanol–water partition coefficient (Wildman–Crippen LogP) is 4.09. The van der Waals surface area contributed by atoms with Crippen molar-refractivity contribution < 1.29 is 9.53 Å². The molecule has 1 amide bonds. The van der Waals surface area contributed by atoms with Crippen molar-refractivity contribution in [2.75, 3.05) is 5.32 Å². The molecule has 0 aliphatic carbocycles. The summed E-state index contributed by atoms with van der Waals surface area (Å²) in [4.78, 5) is 16.4. The highest BCUT2D eigenvalue weighted by molar-refractivity contribution is 5.93. The minimum absolute atomic E-state index is 0.0956. The fourth-order valence-corrected chi connectivity index (χ4v) is 2.13. The van der Waals surface area contributed by atoms with Crippen LogP contribution < -0.4 is 10.1 Å². The van der Waals surface area contributed by atoms with Crippen LogP contribution in [-0.2, 0) is 10.2 Å². The van der Waals surface area contributed by atoms with E-state index in [1.165, 1.54) is 5.56 Å². The van der Waals surface area contributed by atoms with Gasteiger partial charge in [0.2, 0.25) is 0 Å². The van der Waals surface area contributed by atoms with Crippen molar-refractivity contribution in [1.82, 2.24) is 4.98 Å². The first kappa shape index (κ1) is 17.0. The van der Waals surface area contributed by atoms with Gasteiger partial charge >= 0.3 is 0 Å². The molecule has 0 spiro atoms. The molecule has 4 heteroatoms. The third kappa shape index (κ3) is 4.81. The molecule has 0 radical (unpaired) electrons. The van der Waals surface area contributed by atoms with Crippen molar-refractivity contribution in [1.29, 1.82) is 0 Å². The first-order valence-corrected chi connectivity index (χ1v) is 7.77. The molecule has 1 N–H and O–H groups in total. The number of benzene rings is 1. The van der Waals surface area contributed by atoms with Crippen molar-refractivity contribution in [2.24, 2.45) is 0 Å². The van der Waals surface area contributed by atoms with Gasteiger partial charge in [-0.1, -0.05) is 39.0 Å². The highest BCUT2D eigenvalue weighted by Gasteiger charge is 2.17. The summed E-state index contributed by atoms with van der Waals surface area (Å²) in [7, 11) is 0. The predicted molar refractivity (Wildman–Crippen MR) is 92.8 cm³/mol. The van der Waals surface area contributed by atoms with Crippen LogP contribution in [0.3, 0.4) is 0 Å². The van der Waals surface area contributed by atoms with Gasteiger partial charge in [-0.2, -0.15) is 0 Å². The highest BCUT2D eigenvalue weighted by Crippen LogP contribution is 2.24. The molecule has 2 rings (SSSR count). The largest absolute Gasteiger partial charge is 0.481 e. The lowest BCUT2D eigenvalue weighted by atomic mass is 9.87. The summed E-state index contributed by atoms with van der Waals surface area (Å²) >= 11 is 0. The van der Waals surface area contributed by atoms with Gasteiger partial charge in [0.1, 0.15) is 11.6 Å². The number of pyridine rings is 1. The third-order valence-corrected chi connectivity index (χ3v) is 3.54. The Morgan fingerprint density at radius 2 is 1.78 bits per heavy atom. The number of rotatable bonds is 4. The molecule has 0 fully saturated rings. The summed E-state index contributed by atoms with van der Waals surface area (Å²) in [5.41, 5.74) is 2.18. The standard InChI is InChI=1S/C19H24N2O2/c1-13-7-6-8-17(20-13)21-18(22)14(2)23-16-11-9-15(10-12-16)19(3,4)5/h6-12,14H,1-5H3,(H,20,21,22). The monoisotopic (exact) mass is 312 g/mol. The second-order valence-corrected chi connectivity index (χ2v) is 6.69. The third-order valence-electron chi connectivity index (χ3n) is 3.54. The molecule has 0 aliphatic heterocycles. The number of aryl methyl sites for hydroxylation is 1. The van der Waals surface area contributed by atoms with Gasteiger partial charge in [-0.15, -0.1) is 0 Å². The number of amides is 1. The Bertz CT molecular complexity index is 673. The number of aromatic nitrogens is 1. The van der Waals surface area contributed by atoms with E-state index >= 15 is 0 Å². The van der Waals surface area contributed by atoms with E-state index in [1.54, 1.807) is 13.0 Å². The minimum Gasteiger partial charge on any atom is -0.481 e. The lowest BCUT2D eigenvalue weighted by Gasteiger charge is -2.20. The zero-order chi connectivity index (χ0) is 17.0. The van der Waals surface area contributed by atoms with Gasteiger partial charge in [0.05, 0.1) is 0 Å². The maximum atomic E-state index is 12.2. The minimum atomic E-state index is -0.599. The summed E-state index contributed by atoms with van der Waals surface area (Å²) in [6.45, 7) is 10.1. The summed E-state index contributed by atoms with van der Waals surface area (Å²) < 4.78 is 5.71. The number of hydrogen-bond acceptors (Lipinski definition) is 3. The molecule has 0 aliphatic rings. The van der Waals surface area contributed by atoms with E-state index in [2.05, 4.69) is 31.1 Å². The molecule has 1 aromatic heterocycles. The zero-order valence-corrected chi connectivity index (χ0v) is 14.4. The Morgan fingerprint density at radius 1 is 1.13 bits per heavy atom. The lowest BCUT2D eigenvalue weighted by molar-refractivity contribution is -0.122. The Balaban J connectivity index is 1.98. The zero-order valence-electron chi connectivity index (χ0n) is 14.4. The van der Waals surface area contributed by atoms with Crippen LogP contribution in [-0.4, -0.2) is 17.0 Å². The van der Waals surface area contributed by atoms with E-state index in [1.807, 2.05) is 43.3 Å². The summed E-state index contributed by atoms with van der Waals surface area (Å²) in [5, 5.41) is 2.76. The van der Waals surface area contributed by atoms with Crippen LogP contribution >= 0.6 is 0 Å². The van der Waals surface area contributed by atoms with Crippen LogP contribution in [0.1, 0.15) is 39.0 Å². The number of anilines is 1. The van der Waals surface area contributed by atoms with Gasteiger partial charge in [-0.05, 0) is 49.1 Å². The van der Waals surface area contributed by atoms with Gasteiger partial charge < -0.3 is 10.1 Å². The molecule has 1 unspecified atom stereocenters. The van der Waals surface area contributed by atoms with Gasteiger partial charge in [-0.25, -0.2) is 4.98 Å². The molecular weight excluding hydrogens is 288 g/mol. The summed E-state index contributed by atoms with van der Waals surface area (Å²) in [6, 6.07) is 13.4. The van der Waals surface area contributed by atoms with Crippen LogP contribution in [0, 0.1) is 6.92 Å². The van der Waals surface area contributed by atoms with Crippen molar-refractivity contribution >= 4 is 11.7 Å². The topological polar surface area (TPSA) is 51.2 Å². The molecule has 1 heterocycles. The Morgan fingerprint density at radius 3 is 2.35 bits per heavy atom. The van der Waals surface area contributed by atoms with Crippen molar-refractivity contribution in [3.63, 3.8) is 0 Å². The van der Waals surface area contributed by atoms with Crippen LogP contribution in [0.15, 0.2) is 42.5 Å². The van der Waals surface area contributed by atoms with E-state index in [4.69, 9.17) is 4.74 Å². The molecule has 0 saturated carbocycles.